The molecule has 2 aromatic carbocycles. The number of hydrogen-bond donors (Lipinski definition) is 2. The van der Waals surface area contributed by atoms with Crippen molar-refractivity contribution in [2.45, 2.75) is 13.8 Å². The molecule has 20 heavy (non-hydrogen) atoms. The first-order valence-corrected chi connectivity index (χ1v) is 6.51. The third kappa shape index (κ3) is 3.35. The zero-order chi connectivity index (χ0) is 14.5. The van der Waals surface area contributed by atoms with Gasteiger partial charge in [0, 0.05) is 23.5 Å². The molecule has 0 aliphatic heterocycles. The van der Waals surface area contributed by atoms with Crippen LogP contribution in [-0.2, 0) is 0 Å². The standard InChI is InChI=1S/C16H17FN2O/c1-3-18-15-8-7-12(9-11(15)2)16(20)19-14-6-4-5-13(17)10-14/h4-10,18H,3H2,1-2H3,(H,19,20). The van der Waals surface area contributed by atoms with Crippen molar-refractivity contribution in [3.8, 4) is 0 Å². The minimum Gasteiger partial charge on any atom is -0.385 e. The maximum Gasteiger partial charge on any atom is 0.255 e. The van der Waals surface area contributed by atoms with Gasteiger partial charge in [-0.1, -0.05) is 6.07 Å². The van der Waals surface area contributed by atoms with Gasteiger partial charge < -0.3 is 10.6 Å². The summed E-state index contributed by atoms with van der Waals surface area (Å²) in [5, 5.41) is 5.90. The molecule has 3 nitrogen and oxygen atoms in total. The summed E-state index contributed by atoms with van der Waals surface area (Å²) in [7, 11) is 0. The number of aryl methyl sites for hydroxylation is 1. The summed E-state index contributed by atoms with van der Waals surface area (Å²) in [6.45, 7) is 4.79. The number of hydrogen-bond acceptors (Lipinski definition) is 2. The molecular weight excluding hydrogens is 255 g/mol. The lowest BCUT2D eigenvalue weighted by Crippen LogP contribution is -2.12. The van der Waals surface area contributed by atoms with E-state index in [0.29, 0.717) is 11.3 Å². The van der Waals surface area contributed by atoms with E-state index < -0.39 is 0 Å². The highest BCUT2D eigenvalue weighted by molar-refractivity contribution is 6.04. The topological polar surface area (TPSA) is 41.1 Å². The van der Waals surface area contributed by atoms with Gasteiger partial charge in [0.25, 0.3) is 5.91 Å². The molecule has 1 amide bonds. The molecule has 0 saturated carbocycles. The Balaban J connectivity index is 2.15. The molecule has 0 aliphatic rings. The van der Waals surface area contributed by atoms with E-state index in [1.807, 2.05) is 26.0 Å². The fourth-order valence-electron chi connectivity index (χ4n) is 1.96. The van der Waals surface area contributed by atoms with E-state index in [1.54, 1.807) is 18.2 Å². The second-order valence-corrected chi connectivity index (χ2v) is 4.52. The minimum absolute atomic E-state index is 0.248. The highest BCUT2D eigenvalue weighted by Crippen LogP contribution is 2.18. The van der Waals surface area contributed by atoms with Crippen molar-refractivity contribution in [1.82, 2.24) is 0 Å². The monoisotopic (exact) mass is 272 g/mol. The molecule has 0 aliphatic carbocycles. The Morgan fingerprint density at radius 2 is 2.00 bits per heavy atom. The van der Waals surface area contributed by atoms with E-state index >= 15 is 0 Å². The lowest BCUT2D eigenvalue weighted by molar-refractivity contribution is 0.102. The van der Waals surface area contributed by atoms with Gasteiger partial charge in [0.15, 0.2) is 0 Å². The van der Waals surface area contributed by atoms with Crippen LogP contribution in [0, 0.1) is 12.7 Å². The first kappa shape index (κ1) is 14.1. The molecule has 4 heteroatoms. The molecule has 104 valence electrons. The Labute approximate surface area is 117 Å². The lowest BCUT2D eigenvalue weighted by atomic mass is 10.1. The zero-order valence-corrected chi connectivity index (χ0v) is 11.5. The van der Waals surface area contributed by atoms with Crippen LogP contribution in [0.3, 0.4) is 0 Å². The minimum atomic E-state index is -0.374. The van der Waals surface area contributed by atoms with Crippen LogP contribution < -0.4 is 10.6 Å². The number of nitrogens with one attached hydrogen (secondary N) is 2. The van der Waals surface area contributed by atoms with Crippen molar-refractivity contribution in [1.29, 1.82) is 0 Å². The van der Waals surface area contributed by atoms with Gasteiger partial charge in [-0.25, -0.2) is 4.39 Å². The fourth-order valence-corrected chi connectivity index (χ4v) is 1.96. The van der Waals surface area contributed by atoms with Crippen LogP contribution in [0.25, 0.3) is 0 Å². The largest absolute Gasteiger partial charge is 0.385 e. The average molecular weight is 272 g/mol. The number of carbonyl (C=O) groups is 1. The van der Waals surface area contributed by atoms with Gasteiger partial charge in [-0.05, 0) is 55.8 Å². The number of halogens is 1. The zero-order valence-electron chi connectivity index (χ0n) is 11.5. The van der Waals surface area contributed by atoms with Crippen molar-refractivity contribution < 1.29 is 9.18 Å². The summed E-state index contributed by atoms with van der Waals surface area (Å²) in [6, 6.07) is 11.3. The van der Waals surface area contributed by atoms with Crippen molar-refractivity contribution in [3.63, 3.8) is 0 Å². The lowest BCUT2D eigenvalue weighted by Gasteiger charge is -2.10. The Morgan fingerprint density at radius 3 is 2.65 bits per heavy atom. The van der Waals surface area contributed by atoms with Gasteiger partial charge >= 0.3 is 0 Å². The van der Waals surface area contributed by atoms with E-state index in [2.05, 4.69) is 10.6 Å². The summed E-state index contributed by atoms with van der Waals surface area (Å²) in [5.41, 5.74) is 3.00. The van der Waals surface area contributed by atoms with Crippen molar-refractivity contribution in [2.24, 2.45) is 0 Å². The second-order valence-electron chi connectivity index (χ2n) is 4.52. The first-order valence-electron chi connectivity index (χ1n) is 6.51. The third-order valence-corrected chi connectivity index (χ3v) is 2.94. The molecule has 0 heterocycles. The molecule has 0 saturated heterocycles. The number of benzene rings is 2. The number of amides is 1. The van der Waals surface area contributed by atoms with Gasteiger partial charge in [0.1, 0.15) is 5.82 Å². The first-order chi connectivity index (χ1) is 9.60. The summed E-state index contributed by atoms with van der Waals surface area (Å²) in [4.78, 5) is 12.1. The predicted molar refractivity (Wildman–Crippen MR) is 79.7 cm³/mol. The Morgan fingerprint density at radius 1 is 1.20 bits per heavy atom. The van der Waals surface area contributed by atoms with Crippen molar-refractivity contribution in [2.75, 3.05) is 17.2 Å². The van der Waals surface area contributed by atoms with Gasteiger partial charge in [0.05, 0.1) is 0 Å². The second kappa shape index (κ2) is 6.19. The summed E-state index contributed by atoms with van der Waals surface area (Å²) < 4.78 is 13.1. The van der Waals surface area contributed by atoms with Crippen LogP contribution in [0.1, 0.15) is 22.8 Å². The smallest absolute Gasteiger partial charge is 0.255 e. The van der Waals surface area contributed by atoms with E-state index in [1.165, 1.54) is 12.1 Å². The van der Waals surface area contributed by atoms with E-state index in [0.717, 1.165) is 17.8 Å². The van der Waals surface area contributed by atoms with E-state index in [4.69, 9.17) is 0 Å². The highest BCUT2D eigenvalue weighted by Gasteiger charge is 2.08. The van der Waals surface area contributed by atoms with Gasteiger partial charge in [-0.15, -0.1) is 0 Å². The maximum atomic E-state index is 13.1. The molecule has 0 radical (unpaired) electrons. The van der Waals surface area contributed by atoms with Crippen molar-refractivity contribution in [3.05, 3.63) is 59.4 Å². The molecule has 2 N–H and O–H groups in total. The fraction of sp³-hybridized carbons (Fsp3) is 0.188. The maximum absolute atomic E-state index is 13.1. The molecule has 0 spiro atoms. The van der Waals surface area contributed by atoms with Crippen LogP contribution >= 0.6 is 0 Å². The Kier molecular flexibility index (Phi) is 4.35. The van der Waals surface area contributed by atoms with Crippen LogP contribution in [0.2, 0.25) is 0 Å². The number of carbonyl (C=O) groups excluding carboxylic acids is 1. The summed E-state index contributed by atoms with van der Waals surface area (Å²) >= 11 is 0. The molecule has 0 atom stereocenters. The quantitative estimate of drug-likeness (QED) is 0.888. The van der Waals surface area contributed by atoms with Crippen LogP contribution in [0.15, 0.2) is 42.5 Å². The molecule has 0 unspecified atom stereocenters. The molecular formula is C16H17FN2O. The Hall–Kier alpha value is -2.36. The van der Waals surface area contributed by atoms with Crippen LogP contribution in [0.4, 0.5) is 15.8 Å². The van der Waals surface area contributed by atoms with Crippen LogP contribution in [-0.4, -0.2) is 12.5 Å². The average Bonchev–Trinajstić information content (AvgIpc) is 2.41. The molecule has 2 rings (SSSR count). The van der Waals surface area contributed by atoms with E-state index in [-0.39, 0.29) is 11.7 Å². The number of anilines is 2. The highest BCUT2D eigenvalue weighted by atomic mass is 19.1. The van der Waals surface area contributed by atoms with Gasteiger partial charge in [0.2, 0.25) is 0 Å². The van der Waals surface area contributed by atoms with E-state index in [9.17, 15) is 9.18 Å². The molecule has 0 bridgehead atoms. The molecule has 0 fully saturated rings. The number of rotatable bonds is 4. The van der Waals surface area contributed by atoms with Gasteiger partial charge in [-0.3, -0.25) is 4.79 Å². The summed E-state index contributed by atoms with van der Waals surface area (Å²) in [6.07, 6.45) is 0. The third-order valence-electron chi connectivity index (χ3n) is 2.94. The Bertz CT molecular complexity index is 626. The predicted octanol–water partition coefficient (Wildman–Crippen LogP) is 3.82. The van der Waals surface area contributed by atoms with Gasteiger partial charge in [-0.2, -0.15) is 0 Å². The summed E-state index contributed by atoms with van der Waals surface area (Å²) in [5.74, 6) is -0.622. The molecule has 0 aromatic heterocycles. The SMILES string of the molecule is CCNc1ccc(C(=O)Nc2cccc(F)c2)cc1C. The molecule has 2 aromatic rings. The normalized spacial score (nSPS) is 10.2. The van der Waals surface area contributed by atoms with Crippen LogP contribution in [0.5, 0.6) is 0 Å². The van der Waals surface area contributed by atoms with Crippen molar-refractivity contribution >= 4 is 17.3 Å².